The number of rotatable bonds is 2. The number of carbonyl (C=O) groups is 1. The molecule has 0 radical (unpaired) electrons. The van der Waals surface area contributed by atoms with Crippen molar-refractivity contribution in [3.8, 4) is 0 Å². The number of benzene rings is 1. The molecule has 82 valence electrons. The zero-order chi connectivity index (χ0) is 11.6. The first kappa shape index (κ1) is 11.5. The van der Waals surface area contributed by atoms with Gasteiger partial charge in [0.25, 0.3) is 0 Å². The number of aliphatic carboxylic acids is 1. The second-order valence-corrected chi connectivity index (χ2v) is 2.94. The van der Waals surface area contributed by atoms with Crippen molar-refractivity contribution >= 4 is 5.97 Å². The zero-order valence-corrected chi connectivity index (χ0v) is 7.45. The van der Waals surface area contributed by atoms with Gasteiger partial charge in [-0.3, -0.25) is 4.79 Å². The number of hydrogen-bond acceptors (Lipinski definition) is 2. The first-order valence-electron chi connectivity index (χ1n) is 3.98. The van der Waals surface area contributed by atoms with E-state index in [4.69, 9.17) is 10.8 Å². The molecule has 0 amide bonds. The molecular formula is C9H8F3NO2. The van der Waals surface area contributed by atoms with E-state index in [2.05, 4.69) is 0 Å². The maximum atomic E-state index is 12.1. The second kappa shape index (κ2) is 3.90. The highest BCUT2D eigenvalue weighted by molar-refractivity contribution is 5.75. The van der Waals surface area contributed by atoms with E-state index in [1.165, 1.54) is 0 Å². The van der Waals surface area contributed by atoms with Crippen molar-refractivity contribution in [3.05, 3.63) is 35.4 Å². The average molecular weight is 219 g/mol. The van der Waals surface area contributed by atoms with Crippen molar-refractivity contribution in [2.45, 2.75) is 12.2 Å². The molecule has 3 N–H and O–H groups in total. The molecule has 0 aromatic heterocycles. The van der Waals surface area contributed by atoms with Crippen LogP contribution >= 0.6 is 0 Å². The topological polar surface area (TPSA) is 63.3 Å². The number of alkyl halides is 3. The first-order chi connectivity index (χ1) is 6.82. The van der Waals surface area contributed by atoms with Crippen molar-refractivity contribution in [1.82, 2.24) is 0 Å². The van der Waals surface area contributed by atoms with Gasteiger partial charge in [0.1, 0.15) is 6.04 Å². The van der Waals surface area contributed by atoms with E-state index in [-0.39, 0.29) is 5.56 Å². The third-order valence-corrected chi connectivity index (χ3v) is 1.86. The van der Waals surface area contributed by atoms with Gasteiger partial charge in [-0.05, 0) is 17.7 Å². The molecule has 1 aromatic carbocycles. The highest BCUT2D eigenvalue weighted by Crippen LogP contribution is 2.29. The van der Waals surface area contributed by atoms with Crippen molar-refractivity contribution in [2.75, 3.05) is 0 Å². The van der Waals surface area contributed by atoms with E-state index >= 15 is 0 Å². The summed E-state index contributed by atoms with van der Waals surface area (Å²) in [5, 5.41) is 8.52. The van der Waals surface area contributed by atoms with Crippen LogP contribution in [0.2, 0.25) is 0 Å². The third-order valence-electron chi connectivity index (χ3n) is 1.86. The minimum atomic E-state index is -4.42. The molecule has 0 heterocycles. The Balaban J connectivity index is 2.95. The standard InChI is InChI=1S/C9H8F3NO2/c10-9(11,12)6-3-1-5(2-4-6)7(13)8(14)15/h1-4,7H,13H2,(H,14,15)/t7-/m0/s1. The van der Waals surface area contributed by atoms with E-state index in [1.54, 1.807) is 0 Å². The molecular weight excluding hydrogens is 211 g/mol. The lowest BCUT2D eigenvalue weighted by Crippen LogP contribution is -2.20. The Kier molecular flexibility index (Phi) is 2.99. The zero-order valence-electron chi connectivity index (χ0n) is 7.45. The van der Waals surface area contributed by atoms with Crippen LogP contribution in [0.1, 0.15) is 17.2 Å². The maximum Gasteiger partial charge on any atom is 0.416 e. The smallest absolute Gasteiger partial charge is 0.416 e. The van der Waals surface area contributed by atoms with Crippen LogP contribution in [0.25, 0.3) is 0 Å². The van der Waals surface area contributed by atoms with Crippen molar-refractivity contribution in [2.24, 2.45) is 5.73 Å². The number of carboxylic acids is 1. The van der Waals surface area contributed by atoms with Gasteiger partial charge in [-0.25, -0.2) is 0 Å². The predicted molar refractivity (Wildman–Crippen MR) is 46.0 cm³/mol. The normalized spacial score (nSPS) is 13.6. The molecule has 15 heavy (non-hydrogen) atoms. The fourth-order valence-electron chi connectivity index (χ4n) is 1.02. The van der Waals surface area contributed by atoms with E-state index in [0.29, 0.717) is 0 Å². The molecule has 0 saturated heterocycles. The van der Waals surface area contributed by atoms with Crippen molar-refractivity contribution < 1.29 is 23.1 Å². The predicted octanol–water partition coefficient (Wildman–Crippen LogP) is 1.79. The molecule has 0 aliphatic carbocycles. The monoisotopic (exact) mass is 219 g/mol. The van der Waals surface area contributed by atoms with Crippen LogP contribution in [0.4, 0.5) is 13.2 Å². The van der Waals surface area contributed by atoms with Gasteiger partial charge >= 0.3 is 12.1 Å². The van der Waals surface area contributed by atoms with E-state index in [1.807, 2.05) is 0 Å². The van der Waals surface area contributed by atoms with Gasteiger partial charge in [-0.1, -0.05) is 12.1 Å². The minimum Gasteiger partial charge on any atom is -0.480 e. The Labute approximate surface area is 83.3 Å². The molecule has 1 aromatic rings. The summed E-state index contributed by atoms with van der Waals surface area (Å²) in [5.41, 5.74) is 4.52. The highest BCUT2D eigenvalue weighted by atomic mass is 19.4. The lowest BCUT2D eigenvalue weighted by molar-refractivity contribution is -0.138. The lowest BCUT2D eigenvalue weighted by atomic mass is 10.1. The van der Waals surface area contributed by atoms with Gasteiger partial charge in [0.15, 0.2) is 0 Å². The highest BCUT2D eigenvalue weighted by Gasteiger charge is 2.30. The van der Waals surface area contributed by atoms with Gasteiger partial charge in [-0.15, -0.1) is 0 Å². The quantitative estimate of drug-likeness (QED) is 0.796. The van der Waals surface area contributed by atoms with Gasteiger partial charge in [0, 0.05) is 0 Å². The number of carboxylic acid groups (broad SMARTS) is 1. The molecule has 3 nitrogen and oxygen atoms in total. The maximum absolute atomic E-state index is 12.1. The lowest BCUT2D eigenvalue weighted by Gasteiger charge is -2.09. The molecule has 0 aliphatic heterocycles. The van der Waals surface area contributed by atoms with Crippen LogP contribution in [0.5, 0.6) is 0 Å². The Bertz CT molecular complexity index is 359. The third kappa shape index (κ3) is 2.69. The molecule has 0 aliphatic rings. The fourth-order valence-corrected chi connectivity index (χ4v) is 1.02. The summed E-state index contributed by atoms with van der Waals surface area (Å²) in [6, 6.07) is 2.42. The number of halogens is 3. The minimum absolute atomic E-state index is 0.135. The van der Waals surface area contributed by atoms with E-state index in [0.717, 1.165) is 24.3 Å². The van der Waals surface area contributed by atoms with E-state index in [9.17, 15) is 18.0 Å². The van der Waals surface area contributed by atoms with Crippen LogP contribution in [-0.4, -0.2) is 11.1 Å². The van der Waals surface area contributed by atoms with Gasteiger partial charge in [0.2, 0.25) is 0 Å². The van der Waals surface area contributed by atoms with Crippen LogP contribution in [0, 0.1) is 0 Å². The summed E-state index contributed by atoms with van der Waals surface area (Å²) in [6.07, 6.45) is -4.42. The summed E-state index contributed by atoms with van der Waals surface area (Å²) in [6.45, 7) is 0. The van der Waals surface area contributed by atoms with Crippen molar-refractivity contribution in [1.29, 1.82) is 0 Å². The second-order valence-electron chi connectivity index (χ2n) is 2.94. The molecule has 6 heteroatoms. The Morgan fingerprint density at radius 3 is 2.07 bits per heavy atom. The van der Waals surface area contributed by atoms with Crippen molar-refractivity contribution in [3.63, 3.8) is 0 Å². The van der Waals surface area contributed by atoms with Gasteiger partial charge in [0.05, 0.1) is 5.56 Å². The van der Waals surface area contributed by atoms with Crippen LogP contribution in [0.3, 0.4) is 0 Å². The summed E-state index contributed by atoms with van der Waals surface area (Å²) >= 11 is 0. The summed E-state index contributed by atoms with van der Waals surface area (Å²) < 4.78 is 36.4. The largest absolute Gasteiger partial charge is 0.480 e. The van der Waals surface area contributed by atoms with Crippen LogP contribution < -0.4 is 5.73 Å². The SMILES string of the molecule is N[C@H](C(=O)O)c1ccc(C(F)(F)F)cc1. The Morgan fingerprint density at radius 1 is 1.27 bits per heavy atom. The summed E-state index contributed by atoms with van der Waals surface area (Å²) in [5.74, 6) is -1.28. The molecule has 0 spiro atoms. The molecule has 1 rings (SSSR count). The Morgan fingerprint density at radius 2 is 1.73 bits per heavy atom. The van der Waals surface area contributed by atoms with E-state index < -0.39 is 23.8 Å². The number of hydrogen-bond donors (Lipinski definition) is 2. The molecule has 1 atom stereocenters. The summed E-state index contributed by atoms with van der Waals surface area (Å²) in [4.78, 5) is 10.4. The first-order valence-corrected chi connectivity index (χ1v) is 3.98. The van der Waals surface area contributed by atoms with Crippen LogP contribution in [-0.2, 0) is 11.0 Å². The number of nitrogens with two attached hydrogens (primary N) is 1. The van der Waals surface area contributed by atoms with Crippen LogP contribution in [0.15, 0.2) is 24.3 Å². The molecule has 0 bridgehead atoms. The summed E-state index contributed by atoms with van der Waals surface area (Å²) in [7, 11) is 0. The fraction of sp³-hybridized carbons (Fsp3) is 0.222. The molecule has 0 unspecified atom stereocenters. The Hall–Kier alpha value is -1.56. The molecule has 0 fully saturated rings. The molecule has 0 saturated carbocycles. The average Bonchev–Trinajstić information content (AvgIpc) is 2.15. The van der Waals surface area contributed by atoms with Gasteiger partial charge < -0.3 is 10.8 Å². The van der Waals surface area contributed by atoms with Gasteiger partial charge in [-0.2, -0.15) is 13.2 Å².